The molecule has 7 N–H and O–H groups in total. The highest BCUT2D eigenvalue weighted by Crippen LogP contribution is 2.49. The number of esters is 2. The molecule has 0 bridgehead atoms. The third-order valence-corrected chi connectivity index (χ3v) is 11.4. The van der Waals surface area contributed by atoms with Gasteiger partial charge in [0.25, 0.3) is 0 Å². The molecular formula is C48H64N4O4. The van der Waals surface area contributed by atoms with Crippen molar-refractivity contribution in [1.82, 2.24) is 0 Å². The van der Waals surface area contributed by atoms with Gasteiger partial charge >= 0.3 is 11.9 Å². The molecule has 1 aliphatic rings. The van der Waals surface area contributed by atoms with Crippen molar-refractivity contribution in [3.63, 3.8) is 0 Å². The molecule has 8 nitrogen and oxygen atoms in total. The van der Waals surface area contributed by atoms with E-state index in [0.717, 1.165) is 103 Å². The van der Waals surface area contributed by atoms with Gasteiger partial charge in [-0.2, -0.15) is 0 Å². The smallest absolute Gasteiger partial charge is 0.338 e. The molecule has 0 heterocycles. The van der Waals surface area contributed by atoms with Crippen LogP contribution in [0.15, 0.2) is 84.9 Å². The van der Waals surface area contributed by atoms with Gasteiger partial charge < -0.3 is 32.0 Å². The Balaban J connectivity index is 1.82. The fourth-order valence-electron chi connectivity index (χ4n) is 8.32. The number of fused-ring (bicyclic) bond motifs is 1. The van der Waals surface area contributed by atoms with Gasteiger partial charge in [0.15, 0.2) is 6.10 Å². The third kappa shape index (κ3) is 9.71. The maximum Gasteiger partial charge on any atom is 0.338 e. The summed E-state index contributed by atoms with van der Waals surface area (Å²) in [4.78, 5) is 28.2. The molecule has 7 atom stereocenters. The second kappa shape index (κ2) is 20.1. The average molecular weight is 761 g/mol. The summed E-state index contributed by atoms with van der Waals surface area (Å²) in [6.07, 6.45) is 5.56. The highest BCUT2D eigenvalue weighted by atomic mass is 16.6. The van der Waals surface area contributed by atoms with E-state index >= 15 is 0 Å². The first-order chi connectivity index (χ1) is 27.0. The molecular weight excluding hydrogens is 697 g/mol. The Labute approximate surface area is 334 Å². The van der Waals surface area contributed by atoms with Crippen molar-refractivity contribution in [2.45, 2.75) is 135 Å². The first kappa shape index (κ1) is 42.6. The lowest BCUT2D eigenvalue weighted by atomic mass is 9.68. The molecule has 300 valence electrons. The quantitative estimate of drug-likeness (QED) is 0.0580. The van der Waals surface area contributed by atoms with Crippen LogP contribution in [0.1, 0.15) is 176 Å². The van der Waals surface area contributed by atoms with E-state index in [1.54, 1.807) is 24.3 Å². The minimum Gasteiger partial charge on any atom is -0.454 e. The average Bonchev–Trinajstić information content (AvgIpc) is 3.20. The van der Waals surface area contributed by atoms with Crippen LogP contribution in [-0.4, -0.2) is 30.7 Å². The number of hydrogen-bond acceptors (Lipinski definition) is 8. The number of ether oxygens (including phenoxy) is 2. The number of carbonyl (C=O) groups is 2. The first-order valence-corrected chi connectivity index (χ1v) is 20.9. The Morgan fingerprint density at radius 1 is 0.625 bits per heavy atom. The number of anilines is 1. The zero-order valence-corrected chi connectivity index (χ0v) is 34.4. The zero-order valence-electron chi connectivity index (χ0n) is 34.4. The van der Waals surface area contributed by atoms with Gasteiger partial charge in [-0.15, -0.1) is 0 Å². The fourth-order valence-corrected chi connectivity index (χ4v) is 8.32. The van der Waals surface area contributed by atoms with Gasteiger partial charge in [-0.05, 0) is 102 Å². The summed E-state index contributed by atoms with van der Waals surface area (Å²) in [7, 11) is 0. The number of rotatable bonds is 18. The van der Waals surface area contributed by atoms with Crippen LogP contribution >= 0.6 is 0 Å². The van der Waals surface area contributed by atoms with E-state index in [-0.39, 0.29) is 24.0 Å². The summed E-state index contributed by atoms with van der Waals surface area (Å²) < 4.78 is 13.2. The Kier molecular flexibility index (Phi) is 15.3. The van der Waals surface area contributed by atoms with Crippen molar-refractivity contribution < 1.29 is 19.1 Å². The Hall–Kier alpha value is -4.50. The summed E-state index contributed by atoms with van der Waals surface area (Å²) in [6, 6.07) is 26.2. The summed E-state index contributed by atoms with van der Waals surface area (Å²) >= 11 is 0. The number of carbonyl (C=O) groups excluding carboxylic acids is 2. The van der Waals surface area contributed by atoms with Crippen molar-refractivity contribution in [3.8, 4) is 0 Å². The highest BCUT2D eigenvalue weighted by molar-refractivity contribution is 5.90. The van der Waals surface area contributed by atoms with Crippen molar-refractivity contribution in [1.29, 1.82) is 0 Å². The molecule has 7 unspecified atom stereocenters. The number of aryl methyl sites for hydroxylation is 1. The molecule has 0 saturated heterocycles. The van der Waals surface area contributed by atoms with Gasteiger partial charge in [-0.3, -0.25) is 0 Å². The largest absolute Gasteiger partial charge is 0.454 e. The second-order valence-corrected chi connectivity index (χ2v) is 15.6. The molecule has 1 aliphatic carbocycles. The zero-order chi connectivity index (χ0) is 40.4. The molecule has 4 aromatic rings. The molecule has 0 spiro atoms. The van der Waals surface area contributed by atoms with Gasteiger partial charge in [-0.25, -0.2) is 9.59 Å². The van der Waals surface area contributed by atoms with Crippen LogP contribution in [0.3, 0.4) is 0 Å². The van der Waals surface area contributed by atoms with Crippen molar-refractivity contribution in [2.75, 3.05) is 11.9 Å². The molecule has 0 amide bonds. The molecule has 5 rings (SSSR count). The molecule has 0 aliphatic heterocycles. The summed E-state index contributed by atoms with van der Waals surface area (Å²) in [5.41, 5.74) is 29.7. The predicted octanol–water partition coefficient (Wildman–Crippen LogP) is 10.3. The maximum atomic E-state index is 14.2. The number of nitrogens with two attached hydrogens (primary N) is 3. The molecule has 0 radical (unpaired) electrons. The molecule has 0 aromatic heterocycles. The normalized spacial score (nSPS) is 19.4. The summed E-state index contributed by atoms with van der Waals surface area (Å²) in [5.74, 6) is -1.83. The lowest BCUT2D eigenvalue weighted by Crippen LogP contribution is -2.47. The van der Waals surface area contributed by atoms with Crippen LogP contribution in [0, 0.1) is 6.92 Å². The standard InChI is InChI=1S/C48H64N4O4/c1-7-11-25-52-43-29-35-31(6)45(55-47(53)32-21-14-12-15-22-32)46(56-48(54)33-23-16-13-17-24-33)44(38(35)28-39(43)42(51)20-10-4)34-27-37(41(50)19-9-3)36(26-30(34)5)40(49)18-8-2/h12-17,21-24,26-29,31,40-42,44-46,52H,7-11,18-20,25,49-51H2,1-6H3. The number of hydrogen-bond donors (Lipinski definition) is 4. The van der Waals surface area contributed by atoms with Crippen LogP contribution in [0.4, 0.5) is 5.69 Å². The van der Waals surface area contributed by atoms with Gasteiger partial charge in [0.2, 0.25) is 0 Å². The SMILES string of the molecule is CCCCNc1cc2c(cc1C(N)CCC)C(c1cc(C(N)CCC)c(C(N)CCC)cc1C)C(OC(=O)c1ccccc1)C(OC(=O)c1ccccc1)C2C. The van der Waals surface area contributed by atoms with Crippen LogP contribution in [0.5, 0.6) is 0 Å². The molecule has 56 heavy (non-hydrogen) atoms. The van der Waals surface area contributed by atoms with E-state index in [0.29, 0.717) is 11.1 Å². The molecule has 8 heteroatoms. The minimum atomic E-state index is -0.892. The van der Waals surface area contributed by atoms with E-state index in [1.807, 2.05) is 36.4 Å². The van der Waals surface area contributed by atoms with Crippen LogP contribution in [-0.2, 0) is 9.47 Å². The second-order valence-electron chi connectivity index (χ2n) is 15.6. The van der Waals surface area contributed by atoms with Crippen LogP contribution < -0.4 is 22.5 Å². The van der Waals surface area contributed by atoms with Crippen molar-refractivity contribution in [3.05, 3.63) is 135 Å². The topological polar surface area (TPSA) is 143 Å². The van der Waals surface area contributed by atoms with E-state index in [1.165, 1.54) is 0 Å². The Morgan fingerprint density at radius 3 is 1.62 bits per heavy atom. The molecule has 0 fully saturated rings. The lowest BCUT2D eigenvalue weighted by molar-refractivity contribution is -0.0532. The van der Waals surface area contributed by atoms with E-state index in [9.17, 15) is 9.59 Å². The number of unbranched alkanes of at least 4 members (excludes halogenated alkanes) is 1. The van der Waals surface area contributed by atoms with Crippen molar-refractivity contribution >= 4 is 17.6 Å². The summed E-state index contributed by atoms with van der Waals surface area (Å²) in [6.45, 7) is 13.6. The molecule has 0 saturated carbocycles. The third-order valence-electron chi connectivity index (χ3n) is 11.4. The Morgan fingerprint density at radius 2 is 1.11 bits per heavy atom. The van der Waals surface area contributed by atoms with Gasteiger partial charge in [0, 0.05) is 36.3 Å². The van der Waals surface area contributed by atoms with Gasteiger partial charge in [-0.1, -0.05) is 115 Å². The fraction of sp³-hybridized carbons (Fsp3) is 0.458. The lowest BCUT2D eigenvalue weighted by Gasteiger charge is -2.43. The number of nitrogens with one attached hydrogen (secondary N) is 1. The van der Waals surface area contributed by atoms with E-state index < -0.39 is 30.1 Å². The summed E-state index contributed by atoms with van der Waals surface area (Å²) in [5, 5.41) is 3.70. The first-order valence-electron chi connectivity index (χ1n) is 20.9. The minimum absolute atomic E-state index is 0.175. The number of benzene rings is 4. The van der Waals surface area contributed by atoms with Gasteiger partial charge in [0.05, 0.1) is 17.0 Å². The molecule has 4 aromatic carbocycles. The van der Waals surface area contributed by atoms with Crippen molar-refractivity contribution in [2.24, 2.45) is 17.2 Å². The van der Waals surface area contributed by atoms with E-state index in [4.69, 9.17) is 26.7 Å². The van der Waals surface area contributed by atoms with Gasteiger partial charge in [0.1, 0.15) is 6.10 Å². The predicted molar refractivity (Wildman–Crippen MR) is 228 cm³/mol. The van der Waals surface area contributed by atoms with E-state index in [2.05, 4.69) is 71.1 Å². The van der Waals surface area contributed by atoms with Crippen LogP contribution in [0.25, 0.3) is 0 Å². The monoisotopic (exact) mass is 760 g/mol. The highest BCUT2D eigenvalue weighted by Gasteiger charge is 2.48. The van der Waals surface area contributed by atoms with Crippen LogP contribution in [0.2, 0.25) is 0 Å². The Bertz CT molecular complexity index is 1900. The maximum absolute atomic E-state index is 14.2.